The highest BCUT2D eigenvalue weighted by Gasteiger charge is 2.18. The summed E-state index contributed by atoms with van der Waals surface area (Å²) in [6, 6.07) is 9.92. The van der Waals surface area contributed by atoms with E-state index >= 15 is 0 Å². The first-order chi connectivity index (χ1) is 16.1. The smallest absolute Gasteiger partial charge is 0.252 e. The monoisotopic (exact) mass is 462 g/mol. The standard InChI is InChI=1S/C24H26N6O2S/c1-16-10-20(21-13-27-30(23(21)28-16)15-19-4-3-9-33-19)24(31)26-12-18-5-6-22(25-11-18)29-7-8-32-17(2)14-29/h3-6,9-11,13,17H,7-8,12,14-15H2,1-2H3,(H,26,31). The Balaban J connectivity index is 1.29. The lowest BCUT2D eigenvalue weighted by Gasteiger charge is -2.32. The fraction of sp³-hybridized carbons (Fsp3) is 0.333. The largest absolute Gasteiger partial charge is 0.375 e. The van der Waals surface area contributed by atoms with Crippen LogP contribution in [0, 0.1) is 6.92 Å². The Labute approximate surface area is 196 Å². The summed E-state index contributed by atoms with van der Waals surface area (Å²) in [4.78, 5) is 25.7. The molecular formula is C24H26N6O2S. The Morgan fingerprint density at radius 2 is 2.21 bits per heavy atom. The van der Waals surface area contributed by atoms with Crippen molar-refractivity contribution in [1.82, 2.24) is 25.1 Å². The molecule has 170 valence electrons. The molecule has 1 unspecified atom stereocenters. The summed E-state index contributed by atoms with van der Waals surface area (Å²) in [6.07, 6.45) is 3.75. The molecule has 8 nitrogen and oxygen atoms in total. The Morgan fingerprint density at radius 3 is 2.97 bits per heavy atom. The van der Waals surface area contributed by atoms with Crippen LogP contribution in [0.5, 0.6) is 0 Å². The highest BCUT2D eigenvalue weighted by molar-refractivity contribution is 7.09. The van der Waals surface area contributed by atoms with Crippen LogP contribution in [0.2, 0.25) is 0 Å². The van der Waals surface area contributed by atoms with Crippen LogP contribution in [0.25, 0.3) is 11.0 Å². The molecule has 0 saturated carbocycles. The van der Waals surface area contributed by atoms with Crippen molar-refractivity contribution in [3.63, 3.8) is 0 Å². The van der Waals surface area contributed by atoms with Gasteiger partial charge in [0.05, 0.1) is 36.4 Å². The summed E-state index contributed by atoms with van der Waals surface area (Å²) in [5.74, 6) is 0.789. The number of pyridine rings is 2. The van der Waals surface area contributed by atoms with E-state index in [2.05, 4.69) is 38.3 Å². The number of amides is 1. The summed E-state index contributed by atoms with van der Waals surface area (Å²) < 4.78 is 7.45. The van der Waals surface area contributed by atoms with Crippen LogP contribution in [0.1, 0.15) is 33.4 Å². The van der Waals surface area contributed by atoms with E-state index in [4.69, 9.17) is 4.74 Å². The van der Waals surface area contributed by atoms with Crippen molar-refractivity contribution in [2.45, 2.75) is 33.0 Å². The predicted molar refractivity (Wildman–Crippen MR) is 129 cm³/mol. The molecule has 1 aliphatic heterocycles. The number of hydrogen-bond donors (Lipinski definition) is 1. The van der Waals surface area contributed by atoms with Crippen molar-refractivity contribution in [1.29, 1.82) is 0 Å². The number of nitrogens with one attached hydrogen (secondary N) is 1. The van der Waals surface area contributed by atoms with E-state index in [1.54, 1.807) is 17.5 Å². The number of nitrogens with zero attached hydrogens (tertiary/aromatic N) is 5. The van der Waals surface area contributed by atoms with Gasteiger partial charge in [-0.3, -0.25) is 4.79 Å². The molecule has 1 fully saturated rings. The molecule has 0 aliphatic carbocycles. The average molecular weight is 463 g/mol. The second-order valence-corrected chi connectivity index (χ2v) is 9.30. The third kappa shape index (κ3) is 4.74. The molecule has 1 N–H and O–H groups in total. The minimum Gasteiger partial charge on any atom is -0.375 e. The second-order valence-electron chi connectivity index (χ2n) is 8.26. The normalized spacial score (nSPS) is 16.3. The van der Waals surface area contributed by atoms with Crippen LogP contribution in [-0.4, -0.2) is 51.5 Å². The zero-order chi connectivity index (χ0) is 22.8. The summed E-state index contributed by atoms with van der Waals surface area (Å²) in [5.41, 5.74) is 3.04. The van der Waals surface area contributed by atoms with Crippen LogP contribution >= 0.6 is 11.3 Å². The summed E-state index contributed by atoms with van der Waals surface area (Å²) >= 11 is 1.68. The zero-order valence-electron chi connectivity index (χ0n) is 18.7. The summed E-state index contributed by atoms with van der Waals surface area (Å²) in [5, 5.41) is 10.3. The maximum atomic E-state index is 13.0. The molecule has 1 saturated heterocycles. The van der Waals surface area contributed by atoms with E-state index in [0.29, 0.717) is 25.3 Å². The first-order valence-electron chi connectivity index (χ1n) is 11.0. The van der Waals surface area contributed by atoms with Gasteiger partial charge in [-0.2, -0.15) is 5.10 Å². The van der Waals surface area contributed by atoms with E-state index in [9.17, 15) is 4.79 Å². The van der Waals surface area contributed by atoms with E-state index in [-0.39, 0.29) is 12.0 Å². The SMILES string of the molecule is Cc1cc(C(=O)NCc2ccc(N3CCOC(C)C3)nc2)c2cnn(Cc3cccs3)c2n1. The average Bonchev–Trinajstić information content (AvgIpc) is 3.48. The van der Waals surface area contributed by atoms with Crippen LogP contribution in [0.3, 0.4) is 0 Å². The van der Waals surface area contributed by atoms with Gasteiger partial charge in [0.2, 0.25) is 0 Å². The number of morpholine rings is 1. The molecule has 1 aliphatic rings. The molecule has 33 heavy (non-hydrogen) atoms. The van der Waals surface area contributed by atoms with E-state index in [1.807, 2.05) is 47.4 Å². The van der Waals surface area contributed by atoms with Crippen LogP contribution < -0.4 is 10.2 Å². The highest BCUT2D eigenvalue weighted by Crippen LogP contribution is 2.21. The van der Waals surface area contributed by atoms with Gasteiger partial charge in [-0.05, 0) is 43.0 Å². The fourth-order valence-electron chi connectivity index (χ4n) is 4.04. The van der Waals surface area contributed by atoms with Gasteiger partial charge in [-0.1, -0.05) is 12.1 Å². The molecule has 4 aromatic rings. The first-order valence-corrected chi connectivity index (χ1v) is 11.9. The predicted octanol–water partition coefficient (Wildman–Crippen LogP) is 3.40. The number of rotatable bonds is 6. The van der Waals surface area contributed by atoms with Gasteiger partial charge in [-0.15, -0.1) is 11.3 Å². The summed E-state index contributed by atoms with van der Waals surface area (Å²) in [6.45, 7) is 7.39. The van der Waals surface area contributed by atoms with Crippen molar-refractivity contribution in [2.75, 3.05) is 24.6 Å². The number of carbonyl (C=O) groups is 1. The molecular weight excluding hydrogens is 436 g/mol. The van der Waals surface area contributed by atoms with Crippen LogP contribution in [0.4, 0.5) is 5.82 Å². The number of hydrogen-bond acceptors (Lipinski definition) is 7. The minimum atomic E-state index is -0.146. The van der Waals surface area contributed by atoms with Gasteiger partial charge in [0.1, 0.15) is 5.82 Å². The molecule has 0 aromatic carbocycles. The van der Waals surface area contributed by atoms with Gasteiger partial charge in [0.25, 0.3) is 5.91 Å². The van der Waals surface area contributed by atoms with E-state index < -0.39 is 0 Å². The van der Waals surface area contributed by atoms with Gasteiger partial charge in [0, 0.05) is 36.4 Å². The lowest BCUT2D eigenvalue weighted by atomic mass is 10.1. The zero-order valence-corrected chi connectivity index (χ0v) is 19.5. The molecule has 5 rings (SSSR count). The number of ether oxygens (including phenoxy) is 1. The number of fused-ring (bicyclic) bond motifs is 1. The molecule has 0 radical (unpaired) electrons. The molecule has 5 heterocycles. The molecule has 1 atom stereocenters. The Bertz CT molecular complexity index is 1250. The third-order valence-electron chi connectivity index (χ3n) is 5.69. The number of carbonyl (C=O) groups excluding carboxylic acids is 1. The van der Waals surface area contributed by atoms with Crippen molar-refractivity contribution in [2.24, 2.45) is 0 Å². The molecule has 4 aromatic heterocycles. The Morgan fingerprint density at radius 1 is 1.30 bits per heavy atom. The maximum absolute atomic E-state index is 13.0. The molecule has 0 bridgehead atoms. The molecule has 1 amide bonds. The topological polar surface area (TPSA) is 85.2 Å². The second kappa shape index (κ2) is 9.29. The molecule has 9 heteroatoms. The van der Waals surface area contributed by atoms with Crippen molar-refractivity contribution < 1.29 is 9.53 Å². The number of thiophene rings is 1. The maximum Gasteiger partial charge on any atom is 0.252 e. The summed E-state index contributed by atoms with van der Waals surface area (Å²) in [7, 11) is 0. The molecule has 0 spiro atoms. The van der Waals surface area contributed by atoms with Gasteiger partial charge in [0.15, 0.2) is 5.65 Å². The number of aryl methyl sites for hydroxylation is 1. The van der Waals surface area contributed by atoms with Gasteiger partial charge < -0.3 is 15.0 Å². The van der Waals surface area contributed by atoms with Crippen LogP contribution in [-0.2, 0) is 17.8 Å². The van der Waals surface area contributed by atoms with Crippen LogP contribution in [0.15, 0.2) is 48.1 Å². The fourth-order valence-corrected chi connectivity index (χ4v) is 4.72. The Hall–Kier alpha value is -3.30. The lowest BCUT2D eigenvalue weighted by Crippen LogP contribution is -2.41. The lowest BCUT2D eigenvalue weighted by molar-refractivity contribution is 0.0529. The van der Waals surface area contributed by atoms with Gasteiger partial charge >= 0.3 is 0 Å². The first kappa shape index (κ1) is 21.5. The van der Waals surface area contributed by atoms with E-state index in [1.165, 1.54) is 4.88 Å². The third-order valence-corrected chi connectivity index (χ3v) is 6.56. The van der Waals surface area contributed by atoms with E-state index in [0.717, 1.165) is 41.2 Å². The number of anilines is 1. The van der Waals surface area contributed by atoms with Gasteiger partial charge in [-0.25, -0.2) is 14.6 Å². The van der Waals surface area contributed by atoms with Crippen molar-refractivity contribution in [3.8, 4) is 0 Å². The van der Waals surface area contributed by atoms with Crippen molar-refractivity contribution in [3.05, 3.63) is 69.8 Å². The quantitative estimate of drug-likeness (QED) is 0.473. The van der Waals surface area contributed by atoms with Crippen molar-refractivity contribution >= 4 is 34.1 Å². The highest BCUT2D eigenvalue weighted by atomic mass is 32.1. The Kier molecular flexibility index (Phi) is 6.06. The number of aromatic nitrogens is 4. The minimum absolute atomic E-state index is 0.146.